The summed E-state index contributed by atoms with van der Waals surface area (Å²) in [7, 11) is -4.03. The number of halogens is 4. The van der Waals surface area contributed by atoms with E-state index in [-0.39, 0.29) is 45.8 Å². The average Bonchev–Trinajstić information content (AvgIpc) is 3.20. The van der Waals surface area contributed by atoms with E-state index >= 15 is 0 Å². The van der Waals surface area contributed by atoms with Gasteiger partial charge in [-0.2, -0.15) is 0 Å². The van der Waals surface area contributed by atoms with Crippen LogP contribution in [0.2, 0.25) is 5.02 Å². The van der Waals surface area contributed by atoms with Gasteiger partial charge < -0.3 is 10.4 Å². The number of benzene rings is 3. The maximum absolute atomic E-state index is 13.8. The molecule has 2 unspecified atom stereocenters. The molecule has 5 nitrogen and oxygen atoms in total. The summed E-state index contributed by atoms with van der Waals surface area (Å²) in [6.45, 7) is 0. The molecule has 0 aliphatic heterocycles. The lowest BCUT2D eigenvalue weighted by molar-refractivity contribution is 0.0340. The highest BCUT2D eigenvalue weighted by atomic mass is 35.5. The molecule has 0 radical (unpaired) electrons. The van der Waals surface area contributed by atoms with E-state index < -0.39 is 44.0 Å². The largest absolute Gasteiger partial charge is 0.378 e. The zero-order valence-electron chi connectivity index (χ0n) is 20.4. The van der Waals surface area contributed by atoms with Crippen molar-refractivity contribution in [3.8, 4) is 11.8 Å². The Labute approximate surface area is 228 Å². The standard InChI is InChI=1S/C29H23ClF3NO4S/c30-22-9-8-18(28(35)34-21-13-23(31)26(33)24(32)14-21)12-25(22)39(37,38)27-19-6-7-20(27)16-29(36,15-19)11-10-17-4-2-1-3-5-17/h1-5,8-9,12-14,19-20,27,36H,6-7,15-16H2,(H,34,35). The van der Waals surface area contributed by atoms with E-state index in [4.69, 9.17) is 11.6 Å². The number of carbonyl (C=O) groups excluding carboxylic acids is 1. The molecule has 1 amide bonds. The molecule has 3 aromatic rings. The highest BCUT2D eigenvalue weighted by molar-refractivity contribution is 7.92. The van der Waals surface area contributed by atoms with E-state index in [1.807, 2.05) is 30.3 Å². The van der Waals surface area contributed by atoms with Gasteiger partial charge in [0.1, 0.15) is 5.60 Å². The van der Waals surface area contributed by atoms with Crippen LogP contribution in [0.25, 0.3) is 0 Å². The van der Waals surface area contributed by atoms with E-state index in [0.29, 0.717) is 25.0 Å². The maximum Gasteiger partial charge on any atom is 0.255 e. The third-order valence-electron chi connectivity index (χ3n) is 7.35. The van der Waals surface area contributed by atoms with Gasteiger partial charge in [0.05, 0.1) is 15.2 Å². The second-order valence-electron chi connectivity index (χ2n) is 10.0. The SMILES string of the molecule is O=C(Nc1cc(F)c(F)c(F)c1)c1ccc(Cl)c(S(=O)(=O)C2C3CCC2CC(O)(C#Cc2ccccc2)C3)c1. The molecule has 2 saturated carbocycles. The summed E-state index contributed by atoms with van der Waals surface area (Å²) in [5, 5.41) is 12.6. The van der Waals surface area contributed by atoms with Crippen LogP contribution in [0.5, 0.6) is 0 Å². The molecule has 0 heterocycles. The fourth-order valence-corrected chi connectivity index (χ4v) is 8.53. The van der Waals surface area contributed by atoms with Gasteiger partial charge in [0.25, 0.3) is 5.91 Å². The summed E-state index contributed by atoms with van der Waals surface area (Å²) in [5.41, 5.74) is -1.02. The minimum Gasteiger partial charge on any atom is -0.378 e. The number of amides is 1. The van der Waals surface area contributed by atoms with Crippen LogP contribution in [0, 0.1) is 41.1 Å². The monoisotopic (exact) mass is 573 g/mol. The van der Waals surface area contributed by atoms with Crippen LogP contribution in [0.4, 0.5) is 18.9 Å². The number of rotatable bonds is 4. The molecule has 2 N–H and O–H groups in total. The van der Waals surface area contributed by atoms with Gasteiger partial charge in [-0.05, 0) is 67.9 Å². The average molecular weight is 574 g/mol. The molecule has 0 saturated heterocycles. The van der Waals surface area contributed by atoms with Gasteiger partial charge in [-0.3, -0.25) is 4.79 Å². The maximum atomic E-state index is 13.8. The minimum absolute atomic E-state index is 0.0745. The lowest BCUT2D eigenvalue weighted by atomic mass is 9.77. The van der Waals surface area contributed by atoms with Gasteiger partial charge in [0, 0.05) is 28.9 Å². The highest BCUT2D eigenvalue weighted by Crippen LogP contribution is 2.51. The second kappa shape index (κ2) is 10.3. The first-order valence-corrected chi connectivity index (χ1v) is 14.2. The Hall–Kier alpha value is -3.32. The highest BCUT2D eigenvalue weighted by Gasteiger charge is 2.54. The summed E-state index contributed by atoms with van der Waals surface area (Å²) in [4.78, 5) is 12.5. The molecule has 202 valence electrons. The number of hydrogen-bond donors (Lipinski definition) is 2. The Bertz CT molecular complexity index is 1580. The van der Waals surface area contributed by atoms with E-state index in [1.165, 1.54) is 12.1 Å². The van der Waals surface area contributed by atoms with Crippen molar-refractivity contribution in [2.45, 2.75) is 41.4 Å². The van der Waals surface area contributed by atoms with E-state index in [0.717, 1.165) is 11.6 Å². The van der Waals surface area contributed by atoms with Crippen molar-refractivity contribution in [2.24, 2.45) is 11.8 Å². The number of nitrogens with one attached hydrogen (secondary N) is 1. The molecule has 0 spiro atoms. The third kappa shape index (κ3) is 5.42. The summed E-state index contributed by atoms with van der Waals surface area (Å²) in [6.07, 6.45) is 1.58. The van der Waals surface area contributed by atoms with Crippen LogP contribution < -0.4 is 5.32 Å². The topological polar surface area (TPSA) is 83.5 Å². The predicted octanol–water partition coefficient (Wildman–Crippen LogP) is 5.75. The Balaban J connectivity index is 1.39. The molecule has 2 fully saturated rings. The van der Waals surface area contributed by atoms with Crippen molar-refractivity contribution in [3.05, 3.63) is 94.3 Å². The molecule has 2 bridgehead atoms. The first-order valence-electron chi connectivity index (χ1n) is 12.3. The molecule has 2 aliphatic carbocycles. The van der Waals surface area contributed by atoms with E-state index in [9.17, 15) is 31.5 Å². The number of aliphatic hydroxyl groups is 1. The van der Waals surface area contributed by atoms with Crippen molar-refractivity contribution in [3.63, 3.8) is 0 Å². The van der Waals surface area contributed by atoms with Crippen molar-refractivity contribution < 1.29 is 31.5 Å². The zero-order chi connectivity index (χ0) is 27.9. The van der Waals surface area contributed by atoms with Crippen LogP contribution in [0.3, 0.4) is 0 Å². The predicted molar refractivity (Wildman–Crippen MR) is 140 cm³/mol. The normalized spacial score (nSPS) is 24.1. The quantitative estimate of drug-likeness (QED) is 0.307. The van der Waals surface area contributed by atoms with Gasteiger partial charge in [-0.1, -0.05) is 41.6 Å². The molecule has 2 aliphatic rings. The fraction of sp³-hybridized carbons (Fsp3) is 0.276. The Morgan fingerprint density at radius 1 is 0.974 bits per heavy atom. The van der Waals surface area contributed by atoms with Crippen LogP contribution in [-0.4, -0.2) is 30.3 Å². The number of anilines is 1. The lowest BCUT2D eigenvalue weighted by Crippen LogP contribution is -2.45. The fourth-order valence-electron chi connectivity index (χ4n) is 5.69. The van der Waals surface area contributed by atoms with Crippen molar-refractivity contribution in [1.29, 1.82) is 0 Å². The molecule has 5 rings (SSSR count). The number of fused-ring (bicyclic) bond motifs is 2. The third-order valence-corrected chi connectivity index (χ3v) is 10.2. The number of sulfone groups is 1. The lowest BCUT2D eigenvalue weighted by Gasteiger charge is -2.38. The van der Waals surface area contributed by atoms with Gasteiger partial charge in [0.15, 0.2) is 27.3 Å². The molecule has 0 aromatic heterocycles. The van der Waals surface area contributed by atoms with E-state index in [2.05, 4.69) is 17.2 Å². The molecular weight excluding hydrogens is 551 g/mol. The Morgan fingerprint density at radius 3 is 2.21 bits per heavy atom. The van der Waals surface area contributed by atoms with Crippen LogP contribution in [0.15, 0.2) is 65.6 Å². The van der Waals surface area contributed by atoms with Crippen LogP contribution >= 0.6 is 11.6 Å². The van der Waals surface area contributed by atoms with Gasteiger partial charge >= 0.3 is 0 Å². The van der Waals surface area contributed by atoms with Crippen molar-refractivity contribution in [1.82, 2.24) is 0 Å². The van der Waals surface area contributed by atoms with E-state index in [1.54, 1.807) is 0 Å². The zero-order valence-corrected chi connectivity index (χ0v) is 22.0. The first-order chi connectivity index (χ1) is 18.5. The molecule has 3 aromatic carbocycles. The summed E-state index contributed by atoms with van der Waals surface area (Å²) >= 11 is 6.29. The molecule has 2 atom stereocenters. The first kappa shape index (κ1) is 27.3. The van der Waals surface area contributed by atoms with Crippen LogP contribution in [0.1, 0.15) is 41.6 Å². The van der Waals surface area contributed by atoms with Gasteiger partial charge in [-0.25, -0.2) is 21.6 Å². The smallest absolute Gasteiger partial charge is 0.255 e. The molecule has 10 heteroatoms. The van der Waals surface area contributed by atoms with Crippen LogP contribution in [-0.2, 0) is 9.84 Å². The second-order valence-corrected chi connectivity index (χ2v) is 12.5. The number of hydrogen-bond acceptors (Lipinski definition) is 4. The Morgan fingerprint density at radius 2 is 1.59 bits per heavy atom. The molecule has 39 heavy (non-hydrogen) atoms. The van der Waals surface area contributed by atoms with Crippen molar-refractivity contribution in [2.75, 3.05) is 5.32 Å². The minimum atomic E-state index is -4.03. The Kier molecular flexibility index (Phi) is 7.23. The van der Waals surface area contributed by atoms with Gasteiger partial charge in [0.2, 0.25) is 0 Å². The summed E-state index contributed by atoms with van der Waals surface area (Å²) in [5.74, 6) is -0.271. The molecular formula is C29H23ClF3NO4S. The summed E-state index contributed by atoms with van der Waals surface area (Å²) < 4.78 is 68.0. The number of carbonyl (C=O) groups is 1. The summed E-state index contributed by atoms with van der Waals surface area (Å²) in [6, 6.07) is 14.1. The van der Waals surface area contributed by atoms with Gasteiger partial charge in [-0.15, -0.1) is 0 Å². The van der Waals surface area contributed by atoms with Crippen molar-refractivity contribution >= 4 is 33.0 Å².